The van der Waals surface area contributed by atoms with Crippen molar-refractivity contribution < 1.29 is 24.1 Å². The largest absolute Gasteiger partial charge is 0.491 e. The van der Waals surface area contributed by atoms with E-state index >= 15 is 0 Å². The van der Waals surface area contributed by atoms with Crippen molar-refractivity contribution in [2.45, 2.75) is 26.4 Å². The molecule has 28 heavy (non-hydrogen) atoms. The van der Waals surface area contributed by atoms with Gasteiger partial charge in [-0.2, -0.15) is 0 Å². The number of hydrogen-bond acceptors (Lipinski definition) is 7. The van der Waals surface area contributed by atoms with E-state index in [0.29, 0.717) is 5.75 Å². The van der Waals surface area contributed by atoms with E-state index in [1.165, 1.54) is 12.1 Å². The van der Waals surface area contributed by atoms with Gasteiger partial charge in [0, 0.05) is 17.7 Å². The quantitative estimate of drug-likeness (QED) is 0.534. The van der Waals surface area contributed by atoms with Crippen molar-refractivity contribution in [2.24, 2.45) is 0 Å². The highest BCUT2D eigenvalue weighted by atomic mass is 16.6. The number of anilines is 1. The van der Waals surface area contributed by atoms with Gasteiger partial charge >= 0.3 is 11.4 Å². The molecule has 0 radical (unpaired) electrons. The highest BCUT2D eigenvalue weighted by Gasteiger charge is 2.28. The number of carbonyl (C=O) groups is 1. The minimum atomic E-state index is -0.817. The Bertz CT molecular complexity index is 879. The van der Waals surface area contributed by atoms with Gasteiger partial charge in [-0.25, -0.2) is 0 Å². The molecule has 0 heterocycles. The summed E-state index contributed by atoms with van der Waals surface area (Å²) in [6.45, 7) is 3.85. The fourth-order valence-electron chi connectivity index (χ4n) is 2.38. The maximum absolute atomic E-state index is 12.5. The summed E-state index contributed by atoms with van der Waals surface area (Å²) in [6.07, 6.45) is 0.750. The van der Waals surface area contributed by atoms with Crippen LogP contribution in [0.4, 0.5) is 17.1 Å². The maximum Gasteiger partial charge on any atom is 0.320 e. The summed E-state index contributed by atoms with van der Waals surface area (Å²) in [7, 11) is 1.09. The number of amides is 1. The van der Waals surface area contributed by atoms with Gasteiger partial charge in [-0.3, -0.25) is 25.0 Å². The fourth-order valence-corrected chi connectivity index (χ4v) is 2.38. The van der Waals surface area contributed by atoms with Gasteiger partial charge in [0.1, 0.15) is 5.75 Å². The van der Waals surface area contributed by atoms with E-state index in [4.69, 9.17) is 9.47 Å². The van der Waals surface area contributed by atoms with E-state index in [1.54, 1.807) is 12.1 Å². The molecule has 0 aliphatic rings. The van der Waals surface area contributed by atoms with Crippen molar-refractivity contribution in [3.8, 4) is 11.5 Å². The SMILES string of the molecule is CC[C@@H](C)Oc1cccc(C(=O)Nc2cc([N+](=O)[O-])c(OC)c([N+](=O)[O-])c2)c1. The monoisotopic (exact) mass is 389 g/mol. The van der Waals surface area contributed by atoms with Crippen molar-refractivity contribution in [3.05, 3.63) is 62.2 Å². The second-order valence-corrected chi connectivity index (χ2v) is 5.88. The van der Waals surface area contributed by atoms with Crippen LogP contribution >= 0.6 is 0 Å². The zero-order valence-corrected chi connectivity index (χ0v) is 15.5. The van der Waals surface area contributed by atoms with Crippen LogP contribution in [-0.4, -0.2) is 29.0 Å². The average molecular weight is 389 g/mol. The predicted octanol–water partition coefficient (Wildman–Crippen LogP) is 3.94. The molecule has 0 aromatic heterocycles. The molecule has 10 heteroatoms. The van der Waals surface area contributed by atoms with E-state index in [2.05, 4.69) is 5.32 Å². The molecule has 2 aromatic carbocycles. The molecule has 1 amide bonds. The lowest BCUT2D eigenvalue weighted by molar-refractivity contribution is -0.395. The molecule has 0 bridgehead atoms. The number of nitrogens with zero attached hydrogens (tertiary/aromatic N) is 2. The van der Waals surface area contributed by atoms with Crippen molar-refractivity contribution in [3.63, 3.8) is 0 Å². The van der Waals surface area contributed by atoms with E-state index in [1.807, 2.05) is 13.8 Å². The van der Waals surface area contributed by atoms with Crippen LogP contribution in [0.5, 0.6) is 11.5 Å². The van der Waals surface area contributed by atoms with Gasteiger partial charge in [0.15, 0.2) is 0 Å². The van der Waals surface area contributed by atoms with Crippen LogP contribution in [0.25, 0.3) is 0 Å². The van der Waals surface area contributed by atoms with Gasteiger partial charge in [-0.1, -0.05) is 13.0 Å². The Morgan fingerprint density at radius 3 is 2.25 bits per heavy atom. The predicted molar refractivity (Wildman–Crippen MR) is 101 cm³/mol. The molecular weight excluding hydrogens is 370 g/mol. The zero-order chi connectivity index (χ0) is 20.8. The van der Waals surface area contributed by atoms with E-state index in [0.717, 1.165) is 25.7 Å². The first-order valence-electron chi connectivity index (χ1n) is 8.35. The first-order valence-corrected chi connectivity index (χ1v) is 8.35. The van der Waals surface area contributed by atoms with Crippen LogP contribution in [0.1, 0.15) is 30.6 Å². The number of ether oxygens (including phenoxy) is 2. The number of nitro benzene ring substituents is 2. The molecule has 0 aliphatic heterocycles. The molecular formula is C18H19N3O7. The molecule has 0 unspecified atom stereocenters. The van der Waals surface area contributed by atoms with Gasteiger partial charge < -0.3 is 14.8 Å². The van der Waals surface area contributed by atoms with Gasteiger partial charge in [0.2, 0.25) is 0 Å². The molecule has 2 rings (SSSR count). The lowest BCUT2D eigenvalue weighted by Crippen LogP contribution is -2.14. The Kier molecular flexibility index (Phi) is 6.48. The molecule has 0 saturated carbocycles. The van der Waals surface area contributed by atoms with Gasteiger partial charge in [-0.15, -0.1) is 0 Å². The summed E-state index contributed by atoms with van der Waals surface area (Å²) in [5, 5.41) is 24.9. The fraction of sp³-hybridized carbons (Fsp3) is 0.278. The van der Waals surface area contributed by atoms with Crippen molar-refractivity contribution in [2.75, 3.05) is 12.4 Å². The molecule has 0 aliphatic carbocycles. The van der Waals surface area contributed by atoms with E-state index in [9.17, 15) is 25.0 Å². The normalized spacial score (nSPS) is 11.4. The number of rotatable bonds is 8. The van der Waals surface area contributed by atoms with Crippen molar-refractivity contribution >= 4 is 23.0 Å². The number of hydrogen-bond donors (Lipinski definition) is 1. The Balaban J connectivity index is 2.35. The third kappa shape index (κ3) is 4.72. The van der Waals surface area contributed by atoms with Crippen LogP contribution in [0, 0.1) is 20.2 Å². The average Bonchev–Trinajstić information content (AvgIpc) is 2.67. The molecule has 148 valence electrons. The number of methoxy groups -OCH3 is 1. The molecule has 10 nitrogen and oxygen atoms in total. The van der Waals surface area contributed by atoms with Crippen LogP contribution < -0.4 is 14.8 Å². The van der Waals surface area contributed by atoms with Crippen LogP contribution in [0.2, 0.25) is 0 Å². The second-order valence-electron chi connectivity index (χ2n) is 5.88. The Labute approximate surface area is 160 Å². The number of nitro groups is 2. The Morgan fingerprint density at radius 1 is 1.14 bits per heavy atom. The summed E-state index contributed by atoms with van der Waals surface area (Å²) in [6, 6.07) is 8.39. The second kappa shape index (κ2) is 8.80. The summed E-state index contributed by atoms with van der Waals surface area (Å²) in [5.74, 6) is -0.589. The number of nitrogens with one attached hydrogen (secondary N) is 1. The zero-order valence-electron chi connectivity index (χ0n) is 15.5. The van der Waals surface area contributed by atoms with Gasteiger partial charge in [0.25, 0.3) is 11.7 Å². The standard InChI is InChI=1S/C18H19N3O7/c1-4-11(2)28-14-7-5-6-12(8-14)18(22)19-13-9-15(20(23)24)17(27-3)16(10-13)21(25)26/h5-11H,4H2,1-3H3,(H,19,22)/t11-/m1/s1. The first kappa shape index (κ1) is 20.6. The maximum atomic E-state index is 12.5. The lowest BCUT2D eigenvalue weighted by atomic mass is 10.1. The van der Waals surface area contributed by atoms with Gasteiger partial charge in [-0.05, 0) is 31.5 Å². The summed E-state index contributed by atoms with van der Waals surface area (Å²) in [4.78, 5) is 33.3. The molecule has 2 aromatic rings. The highest BCUT2D eigenvalue weighted by molar-refractivity contribution is 6.05. The lowest BCUT2D eigenvalue weighted by Gasteiger charge is -2.13. The minimum Gasteiger partial charge on any atom is -0.491 e. The third-order valence-electron chi connectivity index (χ3n) is 3.91. The molecule has 0 fully saturated rings. The first-order chi connectivity index (χ1) is 13.3. The Hall–Kier alpha value is -3.69. The van der Waals surface area contributed by atoms with Crippen LogP contribution in [0.15, 0.2) is 36.4 Å². The number of benzene rings is 2. The third-order valence-corrected chi connectivity index (χ3v) is 3.91. The number of carbonyl (C=O) groups excluding carboxylic acids is 1. The van der Waals surface area contributed by atoms with Crippen LogP contribution in [0.3, 0.4) is 0 Å². The van der Waals surface area contributed by atoms with Crippen molar-refractivity contribution in [1.29, 1.82) is 0 Å². The molecule has 0 saturated heterocycles. The van der Waals surface area contributed by atoms with E-state index in [-0.39, 0.29) is 17.4 Å². The smallest absolute Gasteiger partial charge is 0.320 e. The van der Waals surface area contributed by atoms with Gasteiger partial charge in [0.05, 0.1) is 28.7 Å². The topological polar surface area (TPSA) is 134 Å². The van der Waals surface area contributed by atoms with E-state index < -0.39 is 32.9 Å². The Morgan fingerprint density at radius 2 is 1.75 bits per heavy atom. The molecule has 1 atom stereocenters. The summed E-state index contributed by atoms with van der Waals surface area (Å²) >= 11 is 0. The molecule has 0 spiro atoms. The summed E-state index contributed by atoms with van der Waals surface area (Å²) in [5.41, 5.74) is -1.11. The highest BCUT2D eigenvalue weighted by Crippen LogP contribution is 2.39. The van der Waals surface area contributed by atoms with Crippen LogP contribution in [-0.2, 0) is 0 Å². The summed E-state index contributed by atoms with van der Waals surface area (Å²) < 4.78 is 10.5. The minimum absolute atomic E-state index is 0.0369. The molecule has 1 N–H and O–H groups in total. The van der Waals surface area contributed by atoms with Crippen molar-refractivity contribution in [1.82, 2.24) is 0 Å².